The highest BCUT2D eigenvalue weighted by Gasteiger charge is 2.14. The van der Waals surface area contributed by atoms with Crippen molar-refractivity contribution in [2.45, 2.75) is 19.4 Å². The molecule has 1 atom stereocenters. The second kappa shape index (κ2) is 6.92. The molecule has 1 amide bonds. The normalized spacial score (nSPS) is 14.2. The van der Waals surface area contributed by atoms with E-state index >= 15 is 0 Å². The molecule has 1 aliphatic heterocycles. The van der Waals surface area contributed by atoms with E-state index in [2.05, 4.69) is 5.32 Å². The third-order valence-electron chi connectivity index (χ3n) is 3.72. The van der Waals surface area contributed by atoms with Crippen LogP contribution < -0.4 is 14.8 Å². The Morgan fingerprint density at radius 3 is 2.57 bits per heavy atom. The molecular formula is C18H18ClNO3. The number of benzene rings is 2. The maximum atomic E-state index is 12.2. The standard InChI is InChI=1S/C18H18ClNO3/c1-12(14-3-5-15(19)6-4-14)20-18(21)11-13-2-7-16-17(10-13)23-9-8-22-16/h2-7,10,12H,8-9,11H2,1H3,(H,20,21)/t12-/m1/s1. The van der Waals surface area contributed by atoms with Gasteiger partial charge < -0.3 is 14.8 Å². The second-order valence-corrected chi connectivity index (χ2v) is 5.93. The molecule has 0 radical (unpaired) electrons. The molecule has 4 nitrogen and oxygen atoms in total. The lowest BCUT2D eigenvalue weighted by molar-refractivity contribution is -0.121. The highest BCUT2D eigenvalue weighted by Crippen LogP contribution is 2.30. The Balaban J connectivity index is 1.61. The highest BCUT2D eigenvalue weighted by molar-refractivity contribution is 6.30. The van der Waals surface area contributed by atoms with Crippen molar-refractivity contribution < 1.29 is 14.3 Å². The molecule has 0 bridgehead atoms. The van der Waals surface area contributed by atoms with Crippen LogP contribution in [0.15, 0.2) is 42.5 Å². The van der Waals surface area contributed by atoms with E-state index in [1.807, 2.05) is 49.4 Å². The molecule has 23 heavy (non-hydrogen) atoms. The van der Waals surface area contributed by atoms with Gasteiger partial charge in [0.15, 0.2) is 11.5 Å². The van der Waals surface area contributed by atoms with Crippen LogP contribution in [0.5, 0.6) is 11.5 Å². The number of hydrogen-bond acceptors (Lipinski definition) is 3. The van der Waals surface area contributed by atoms with Crippen LogP contribution in [0.3, 0.4) is 0 Å². The largest absolute Gasteiger partial charge is 0.486 e. The fourth-order valence-electron chi connectivity index (χ4n) is 2.51. The minimum Gasteiger partial charge on any atom is -0.486 e. The number of fused-ring (bicyclic) bond motifs is 1. The van der Waals surface area contributed by atoms with Crippen LogP contribution in [0.2, 0.25) is 5.02 Å². The molecule has 2 aromatic carbocycles. The van der Waals surface area contributed by atoms with Crippen LogP contribution >= 0.6 is 11.6 Å². The summed E-state index contributed by atoms with van der Waals surface area (Å²) >= 11 is 5.88. The van der Waals surface area contributed by atoms with Gasteiger partial charge in [0.2, 0.25) is 5.91 Å². The fourth-order valence-corrected chi connectivity index (χ4v) is 2.64. The zero-order valence-electron chi connectivity index (χ0n) is 12.8. The Bertz CT molecular complexity index is 700. The minimum absolute atomic E-state index is 0.0378. The van der Waals surface area contributed by atoms with Gasteiger partial charge in [-0.15, -0.1) is 0 Å². The van der Waals surface area contributed by atoms with Crippen LogP contribution in [0.1, 0.15) is 24.1 Å². The quantitative estimate of drug-likeness (QED) is 0.932. The van der Waals surface area contributed by atoms with Crippen molar-refractivity contribution in [1.82, 2.24) is 5.32 Å². The third kappa shape index (κ3) is 3.96. The second-order valence-electron chi connectivity index (χ2n) is 5.50. The smallest absolute Gasteiger partial charge is 0.224 e. The predicted octanol–water partition coefficient (Wildman–Crippen LogP) is 3.53. The maximum Gasteiger partial charge on any atom is 0.224 e. The first-order valence-electron chi connectivity index (χ1n) is 7.55. The molecule has 2 aromatic rings. The number of hydrogen-bond donors (Lipinski definition) is 1. The molecule has 1 N–H and O–H groups in total. The highest BCUT2D eigenvalue weighted by atomic mass is 35.5. The number of nitrogens with one attached hydrogen (secondary N) is 1. The lowest BCUT2D eigenvalue weighted by Gasteiger charge is -2.19. The molecule has 0 fully saturated rings. The zero-order valence-corrected chi connectivity index (χ0v) is 13.6. The van der Waals surface area contributed by atoms with E-state index in [-0.39, 0.29) is 11.9 Å². The lowest BCUT2D eigenvalue weighted by Crippen LogP contribution is -2.28. The van der Waals surface area contributed by atoms with Crippen molar-refractivity contribution in [3.05, 3.63) is 58.6 Å². The lowest BCUT2D eigenvalue weighted by atomic mass is 10.1. The summed E-state index contributed by atoms with van der Waals surface area (Å²) in [6.07, 6.45) is 0.300. The first kappa shape index (κ1) is 15.7. The van der Waals surface area contributed by atoms with Crippen molar-refractivity contribution in [2.75, 3.05) is 13.2 Å². The summed E-state index contributed by atoms with van der Waals surface area (Å²) in [7, 11) is 0. The molecule has 1 aliphatic rings. The summed E-state index contributed by atoms with van der Waals surface area (Å²) in [4.78, 5) is 12.2. The van der Waals surface area contributed by atoms with E-state index < -0.39 is 0 Å². The Kier molecular flexibility index (Phi) is 4.72. The molecule has 120 valence electrons. The Morgan fingerprint density at radius 1 is 1.13 bits per heavy atom. The summed E-state index contributed by atoms with van der Waals surface area (Å²) in [5.74, 6) is 1.39. The van der Waals surface area contributed by atoms with Crippen LogP contribution in [-0.4, -0.2) is 19.1 Å². The Labute approximate surface area is 140 Å². The maximum absolute atomic E-state index is 12.2. The summed E-state index contributed by atoms with van der Waals surface area (Å²) < 4.78 is 11.0. The molecule has 1 heterocycles. The van der Waals surface area contributed by atoms with E-state index in [9.17, 15) is 4.79 Å². The fraction of sp³-hybridized carbons (Fsp3) is 0.278. The van der Waals surface area contributed by atoms with Crippen LogP contribution in [0.25, 0.3) is 0 Å². The molecular weight excluding hydrogens is 314 g/mol. The van der Waals surface area contributed by atoms with Crippen molar-refractivity contribution in [2.24, 2.45) is 0 Å². The van der Waals surface area contributed by atoms with Crippen LogP contribution in [0.4, 0.5) is 0 Å². The Morgan fingerprint density at radius 2 is 1.83 bits per heavy atom. The topological polar surface area (TPSA) is 47.6 Å². The van der Waals surface area contributed by atoms with E-state index in [4.69, 9.17) is 21.1 Å². The van der Waals surface area contributed by atoms with Gasteiger partial charge in [-0.05, 0) is 42.3 Å². The summed E-state index contributed by atoms with van der Waals surface area (Å²) in [5.41, 5.74) is 1.92. The number of ether oxygens (including phenoxy) is 2. The summed E-state index contributed by atoms with van der Waals surface area (Å²) in [5, 5.41) is 3.67. The van der Waals surface area contributed by atoms with Crippen molar-refractivity contribution in [3.63, 3.8) is 0 Å². The summed E-state index contributed by atoms with van der Waals surface area (Å²) in [6, 6.07) is 13.0. The van der Waals surface area contributed by atoms with Gasteiger partial charge in [0.1, 0.15) is 13.2 Å². The van der Waals surface area contributed by atoms with E-state index in [0.29, 0.717) is 30.4 Å². The third-order valence-corrected chi connectivity index (χ3v) is 3.97. The average Bonchev–Trinajstić information content (AvgIpc) is 2.55. The van der Waals surface area contributed by atoms with Crippen LogP contribution in [-0.2, 0) is 11.2 Å². The molecule has 0 saturated carbocycles. The molecule has 0 saturated heterocycles. The molecule has 0 spiro atoms. The van der Waals surface area contributed by atoms with Gasteiger partial charge in [-0.2, -0.15) is 0 Å². The molecule has 3 rings (SSSR count). The zero-order chi connectivity index (χ0) is 16.2. The molecule has 0 unspecified atom stereocenters. The van der Waals surface area contributed by atoms with Gasteiger partial charge in [0.25, 0.3) is 0 Å². The van der Waals surface area contributed by atoms with Gasteiger partial charge in [-0.25, -0.2) is 0 Å². The molecule has 0 aliphatic carbocycles. The monoisotopic (exact) mass is 331 g/mol. The number of carbonyl (C=O) groups is 1. The van der Waals surface area contributed by atoms with Crippen molar-refractivity contribution >= 4 is 17.5 Å². The van der Waals surface area contributed by atoms with Gasteiger partial charge >= 0.3 is 0 Å². The van der Waals surface area contributed by atoms with Gasteiger partial charge in [-0.1, -0.05) is 29.8 Å². The minimum atomic E-state index is -0.0722. The molecule has 0 aromatic heterocycles. The van der Waals surface area contributed by atoms with Gasteiger partial charge in [0.05, 0.1) is 12.5 Å². The number of carbonyl (C=O) groups excluding carboxylic acids is 1. The number of rotatable bonds is 4. The van der Waals surface area contributed by atoms with E-state index in [1.54, 1.807) is 0 Å². The number of halogens is 1. The number of amides is 1. The SMILES string of the molecule is C[C@@H](NC(=O)Cc1ccc2c(c1)OCCO2)c1ccc(Cl)cc1. The molecule has 5 heteroatoms. The average molecular weight is 332 g/mol. The first-order valence-corrected chi connectivity index (χ1v) is 7.93. The Hall–Kier alpha value is -2.20. The predicted molar refractivity (Wildman–Crippen MR) is 89.1 cm³/mol. The van der Waals surface area contributed by atoms with Gasteiger partial charge in [-0.3, -0.25) is 4.79 Å². The summed E-state index contributed by atoms with van der Waals surface area (Å²) in [6.45, 7) is 3.05. The van der Waals surface area contributed by atoms with E-state index in [0.717, 1.165) is 16.9 Å². The van der Waals surface area contributed by atoms with Crippen LogP contribution in [0, 0.1) is 0 Å². The van der Waals surface area contributed by atoms with Gasteiger partial charge in [0, 0.05) is 5.02 Å². The first-order chi connectivity index (χ1) is 11.1. The van der Waals surface area contributed by atoms with Crippen molar-refractivity contribution in [3.8, 4) is 11.5 Å². The van der Waals surface area contributed by atoms with E-state index in [1.165, 1.54) is 0 Å². The van der Waals surface area contributed by atoms with Crippen molar-refractivity contribution in [1.29, 1.82) is 0 Å².